The largest absolute Gasteiger partial charge is 0.462 e. The Morgan fingerprint density at radius 2 is 0.938 bits per heavy atom. The lowest BCUT2D eigenvalue weighted by Crippen LogP contribution is -2.61. The van der Waals surface area contributed by atoms with Crippen molar-refractivity contribution < 1.29 is 73.8 Å². The van der Waals surface area contributed by atoms with Crippen LogP contribution in [0.3, 0.4) is 0 Å². The molecule has 2 saturated heterocycles. The summed E-state index contributed by atoms with van der Waals surface area (Å²) in [4.78, 5) is 25.7. The summed E-state index contributed by atoms with van der Waals surface area (Å²) in [5.74, 6) is -0.951. The lowest BCUT2D eigenvalue weighted by molar-refractivity contribution is -0.332. The van der Waals surface area contributed by atoms with Crippen molar-refractivity contribution in [3.8, 4) is 0 Å². The molecule has 15 nitrogen and oxygen atoms in total. The minimum atomic E-state index is -1.77. The zero-order valence-electron chi connectivity index (χ0n) is 39.7. The highest BCUT2D eigenvalue weighted by Gasteiger charge is 2.47. The summed E-state index contributed by atoms with van der Waals surface area (Å²) >= 11 is 0. The van der Waals surface area contributed by atoms with E-state index in [2.05, 4.69) is 50.3 Å². The monoisotopic (exact) mass is 929 g/mol. The minimum Gasteiger partial charge on any atom is -0.462 e. The zero-order valence-corrected chi connectivity index (χ0v) is 39.7. The molecule has 0 bridgehead atoms. The molecule has 0 spiro atoms. The van der Waals surface area contributed by atoms with Crippen LogP contribution in [0.25, 0.3) is 0 Å². The summed E-state index contributed by atoms with van der Waals surface area (Å²) in [6.45, 7) is 2.51. The van der Waals surface area contributed by atoms with E-state index in [0.717, 1.165) is 83.5 Å². The van der Waals surface area contributed by atoms with Crippen LogP contribution in [0.4, 0.5) is 0 Å². The van der Waals surface area contributed by atoms with Gasteiger partial charge in [0.2, 0.25) is 0 Å². The molecule has 65 heavy (non-hydrogen) atoms. The maximum atomic E-state index is 13.0. The molecule has 2 fully saturated rings. The molecule has 15 heteroatoms. The number of carbonyl (C=O) groups is 2. The average molecular weight is 929 g/mol. The Labute approximate surface area is 389 Å². The first-order valence-corrected chi connectivity index (χ1v) is 25.1. The summed E-state index contributed by atoms with van der Waals surface area (Å²) in [5.41, 5.74) is 0. The molecule has 0 aromatic rings. The van der Waals surface area contributed by atoms with E-state index in [-0.39, 0.29) is 26.1 Å². The third-order valence-corrected chi connectivity index (χ3v) is 11.8. The highest BCUT2D eigenvalue weighted by molar-refractivity contribution is 5.70. The van der Waals surface area contributed by atoms with Gasteiger partial charge < -0.3 is 64.2 Å². The van der Waals surface area contributed by atoms with Crippen molar-refractivity contribution in [1.29, 1.82) is 0 Å². The summed E-state index contributed by atoms with van der Waals surface area (Å²) in [5, 5.41) is 72.0. The Hall–Kier alpha value is -2.28. The third kappa shape index (κ3) is 26.2. The van der Waals surface area contributed by atoms with Crippen molar-refractivity contribution >= 4 is 11.9 Å². The van der Waals surface area contributed by atoms with Crippen molar-refractivity contribution in [3.05, 3.63) is 36.5 Å². The fourth-order valence-corrected chi connectivity index (χ4v) is 7.64. The molecule has 11 atom stereocenters. The number of carbonyl (C=O) groups excluding carboxylic acids is 2. The second-order valence-corrected chi connectivity index (χ2v) is 17.6. The van der Waals surface area contributed by atoms with Gasteiger partial charge in [-0.2, -0.15) is 0 Å². The van der Waals surface area contributed by atoms with Crippen LogP contribution in [0.5, 0.6) is 0 Å². The second-order valence-electron chi connectivity index (χ2n) is 17.6. The third-order valence-electron chi connectivity index (χ3n) is 11.8. The lowest BCUT2D eigenvalue weighted by atomic mass is 9.98. The van der Waals surface area contributed by atoms with Crippen LogP contribution >= 0.6 is 0 Å². The number of allylic oxidation sites excluding steroid dienone is 6. The normalized spacial score (nSPS) is 26.7. The first-order valence-electron chi connectivity index (χ1n) is 25.1. The van der Waals surface area contributed by atoms with Crippen molar-refractivity contribution in [2.75, 3.05) is 26.4 Å². The number of aliphatic hydroxyl groups excluding tert-OH is 7. The predicted octanol–water partition coefficient (Wildman–Crippen LogP) is 6.54. The number of esters is 2. The molecule has 2 aliphatic heterocycles. The molecule has 0 aliphatic carbocycles. The van der Waals surface area contributed by atoms with E-state index >= 15 is 0 Å². The number of unbranched alkanes of at least 4 members (excludes halogenated alkanes) is 18. The molecule has 2 aliphatic rings. The van der Waals surface area contributed by atoms with Gasteiger partial charge in [0, 0.05) is 12.8 Å². The molecule has 0 saturated carbocycles. The summed E-state index contributed by atoms with van der Waals surface area (Å²) in [7, 11) is 0. The van der Waals surface area contributed by atoms with Crippen LogP contribution in [0.1, 0.15) is 174 Å². The number of hydrogen-bond donors (Lipinski definition) is 7. The fourth-order valence-electron chi connectivity index (χ4n) is 7.64. The van der Waals surface area contributed by atoms with Gasteiger partial charge in [-0.05, 0) is 64.2 Å². The van der Waals surface area contributed by atoms with Crippen LogP contribution in [0, 0.1) is 0 Å². The second kappa shape index (κ2) is 37.7. The topological polar surface area (TPSA) is 231 Å². The number of rotatable bonds is 38. The van der Waals surface area contributed by atoms with Crippen LogP contribution in [0.2, 0.25) is 0 Å². The molecular formula is C50H88O15. The average Bonchev–Trinajstić information content (AvgIpc) is 3.30. The summed E-state index contributed by atoms with van der Waals surface area (Å²) < 4.78 is 33.5. The molecule has 2 heterocycles. The first kappa shape index (κ1) is 58.8. The van der Waals surface area contributed by atoms with Crippen molar-refractivity contribution in [1.82, 2.24) is 0 Å². The number of hydrogen-bond acceptors (Lipinski definition) is 15. The quantitative estimate of drug-likeness (QED) is 0.0198. The standard InChI is InChI=1S/C50H88O15/c1-3-5-7-9-11-13-15-17-19-21-22-24-26-28-30-32-41(52)60-35-38(63-42(53)33-31-29-27-25-23-20-18-16-14-12-10-8-6-4-2)36-61-49-48(59)46(57)44(55)40(65-49)37-62-50-47(58)45(56)43(54)39(34-51)64-50/h10,12,16-19,38-40,43-51,54-59H,3-9,11,13-15,20-37H2,1-2H3/b12-10-,18-16-,19-17-. The van der Waals surface area contributed by atoms with E-state index in [4.69, 9.17) is 28.4 Å². The summed E-state index contributed by atoms with van der Waals surface area (Å²) in [6.07, 6.45) is 21.7. The molecule has 0 aromatic heterocycles. The maximum Gasteiger partial charge on any atom is 0.306 e. The van der Waals surface area contributed by atoms with E-state index in [9.17, 15) is 45.3 Å². The maximum absolute atomic E-state index is 13.0. The van der Waals surface area contributed by atoms with Gasteiger partial charge in [0.15, 0.2) is 18.7 Å². The first-order chi connectivity index (χ1) is 31.5. The highest BCUT2D eigenvalue weighted by Crippen LogP contribution is 2.26. The molecule has 0 aromatic carbocycles. The Morgan fingerprint density at radius 1 is 0.492 bits per heavy atom. The fraction of sp³-hybridized carbons (Fsp3) is 0.840. The lowest BCUT2D eigenvalue weighted by Gasteiger charge is -2.42. The van der Waals surface area contributed by atoms with Crippen LogP contribution in [0.15, 0.2) is 36.5 Å². The smallest absolute Gasteiger partial charge is 0.306 e. The number of ether oxygens (including phenoxy) is 6. The SMILES string of the molecule is CCCC/C=C\C/C=C\CCCCCCCC(=O)OC(COC(=O)CCCCCCC/C=C\CCCCCCCC)COC1OC(COC2OC(CO)C(O)C(O)C2O)C(O)C(O)C1O. The Morgan fingerprint density at radius 3 is 1.49 bits per heavy atom. The highest BCUT2D eigenvalue weighted by atomic mass is 16.7. The van der Waals surface area contributed by atoms with Gasteiger partial charge in [0.1, 0.15) is 55.4 Å². The van der Waals surface area contributed by atoms with Gasteiger partial charge in [-0.1, -0.05) is 134 Å². The van der Waals surface area contributed by atoms with Gasteiger partial charge in [0.05, 0.1) is 19.8 Å². The Kier molecular flexibility index (Phi) is 34.1. The van der Waals surface area contributed by atoms with Gasteiger partial charge in [0.25, 0.3) is 0 Å². The summed E-state index contributed by atoms with van der Waals surface area (Å²) in [6, 6.07) is 0. The van der Waals surface area contributed by atoms with Crippen LogP contribution in [-0.2, 0) is 38.0 Å². The van der Waals surface area contributed by atoms with Gasteiger partial charge in [-0.3, -0.25) is 9.59 Å². The molecule has 0 amide bonds. The van der Waals surface area contributed by atoms with E-state index in [0.29, 0.717) is 12.8 Å². The minimum absolute atomic E-state index is 0.147. The number of aliphatic hydroxyl groups is 7. The van der Waals surface area contributed by atoms with Crippen LogP contribution in [-0.4, -0.2) is 142 Å². The zero-order chi connectivity index (χ0) is 47.5. The molecule has 7 N–H and O–H groups in total. The van der Waals surface area contributed by atoms with Gasteiger partial charge in [-0.25, -0.2) is 0 Å². The molecule has 0 radical (unpaired) electrons. The molecule has 378 valence electrons. The molecular weight excluding hydrogens is 841 g/mol. The Bertz CT molecular complexity index is 1280. The van der Waals surface area contributed by atoms with Gasteiger partial charge in [-0.15, -0.1) is 0 Å². The van der Waals surface area contributed by atoms with Gasteiger partial charge >= 0.3 is 11.9 Å². The van der Waals surface area contributed by atoms with Crippen molar-refractivity contribution in [3.63, 3.8) is 0 Å². The van der Waals surface area contributed by atoms with E-state index < -0.39 is 92.7 Å². The van der Waals surface area contributed by atoms with Crippen molar-refractivity contribution in [2.45, 2.75) is 242 Å². The van der Waals surface area contributed by atoms with E-state index in [1.165, 1.54) is 51.4 Å². The van der Waals surface area contributed by atoms with E-state index in [1.54, 1.807) is 0 Å². The Balaban J connectivity index is 1.83. The molecule has 2 rings (SSSR count). The van der Waals surface area contributed by atoms with Crippen molar-refractivity contribution in [2.24, 2.45) is 0 Å². The van der Waals surface area contributed by atoms with Crippen LogP contribution < -0.4 is 0 Å². The predicted molar refractivity (Wildman–Crippen MR) is 247 cm³/mol. The molecule has 11 unspecified atom stereocenters. The van der Waals surface area contributed by atoms with E-state index in [1.807, 2.05) is 0 Å².